The van der Waals surface area contributed by atoms with E-state index in [0.717, 1.165) is 5.56 Å². The van der Waals surface area contributed by atoms with Crippen LogP contribution in [0.1, 0.15) is 50.0 Å². The highest BCUT2D eigenvalue weighted by Gasteiger charge is 2.22. The van der Waals surface area contributed by atoms with Crippen LogP contribution in [0, 0.1) is 13.8 Å². The molecule has 146 valence electrons. The first-order chi connectivity index (χ1) is 12.8. The van der Waals surface area contributed by atoms with Crippen LogP contribution in [0.2, 0.25) is 0 Å². The predicted molar refractivity (Wildman–Crippen MR) is 101 cm³/mol. The molecule has 2 rings (SSSR count). The topological polar surface area (TPSA) is 90.7 Å². The normalized spacial score (nSPS) is 11.9. The van der Waals surface area contributed by atoms with Crippen LogP contribution in [0.3, 0.4) is 0 Å². The Hall–Kier alpha value is -2.83. The molecule has 0 aliphatic rings. The van der Waals surface area contributed by atoms with E-state index in [1.165, 1.54) is 5.56 Å². The Morgan fingerprint density at radius 2 is 1.96 bits per heavy atom. The van der Waals surface area contributed by atoms with Crippen LogP contribution in [0.25, 0.3) is 0 Å². The Balaban J connectivity index is 1.87. The molecule has 1 aromatic carbocycles. The first-order valence-corrected chi connectivity index (χ1v) is 8.97. The summed E-state index contributed by atoms with van der Waals surface area (Å²) in [6.07, 6.45) is -0.598. The van der Waals surface area contributed by atoms with Gasteiger partial charge in [-0.1, -0.05) is 32.0 Å². The summed E-state index contributed by atoms with van der Waals surface area (Å²) in [4.78, 5) is 24.2. The summed E-state index contributed by atoms with van der Waals surface area (Å²) in [5, 5.41) is 6.24. The molecule has 2 aromatic rings. The highest BCUT2D eigenvalue weighted by molar-refractivity contribution is 5.94. The summed E-state index contributed by atoms with van der Waals surface area (Å²) in [6, 6.07) is 7.29. The predicted octanol–water partition coefficient (Wildman–Crippen LogP) is 3.75. The van der Waals surface area contributed by atoms with Crippen molar-refractivity contribution in [2.24, 2.45) is 0 Å². The number of aromatic nitrogens is 1. The van der Waals surface area contributed by atoms with Gasteiger partial charge in [0.25, 0.3) is 5.91 Å². The Morgan fingerprint density at radius 1 is 1.22 bits per heavy atom. The Labute approximate surface area is 159 Å². The van der Waals surface area contributed by atoms with E-state index in [2.05, 4.69) is 24.3 Å². The number of nitrogens with one attached hydrogen (secondary N) is 1. The summed E-state index contributed by atoms with van der Waals surface area (Å²) in [5.74, 6) is 0.785. The highest BCUT2D eigenvalue weighted by Crippen LogP contribution is 2.23. The van der Waals surface area contributed by atoms with E-state index in [-0.39, 0.29) is 12.4 Å². The van der Waals surface area contributed by atoms with E-state index >= 15 is 0 Å². The SMILES string of the molecule is CCC(OC(=O)COc1ccc(C(C)C)c(C)c1)C(=O)Nc1cc(C)on1. The fraction of sp³-hybridized carbons (Fsp3) is 0.450. The van der Waals surface area contributed by atoms with Gasteiger partial charge in [0.15, 0.2) is 18.5 Å². The first kappa shape index (κ1) is 20.5. The minimum atomic E-state index is -0.928. The van der Waals surface area contributed by atoms with Crippen LogP contribution in [0.5, 0.6) is 5.75 Å². The number of nitrogens with zero attached hydrogens (tertiary/aromatic N) is 1. The molecule has 0 aliphatic carbocycles. The maximum atomic E-state index is 12.2. The molecule has 7 heteroatoms. The lowest BCUT2D eigenvalue weighted by Crippen LogP contribution is -2.33. The van der Waals surface area contributed by atoms with Crippen LogP contribution >= 0.6 is 0 Å². The molecule has 1 amide bonds. The molecule has 0 bridgehead atoms. The smallest absolute Gasteiger partial charge is 0.344 e. The molecule has 1 N–H and O–H groups in total. The van der Waals surface area contributed by atoms with Gasteiger partial charge in [-0.15, -0.1) is 0 Å². The number of aryl methyl sites for hydroxylation is 2. The average molecular weight is 374 g/mol. The molecule has 0 radical (unpaired) electrons. The molecule has 27 heavy (non-hydrogen) atoms. The first-order valence-electron chi connectivity index (χ1n) is 8.97. The maximum Gasteiger partial charge on any atom is 0.344 e. The summed E-state index contributed by atoms with van der Waals surface area (Å²) in [6.45, 7) is 9.44. The Kier molecular flexibility index (Phi) is 6.98. The lowest BCUT2D eigenvalue weighted by molar-refractivity contribution is -0.156. The Bertz CT molecular complexity index is 797. The van der Waals surface area contributed by atoms with Crippen LogP contribution < -0.4 is 10.1 Å². The van der Waals surface area contributed by atoms with Crippen molar-refractivity contribution in [1.29, 1.82) is 0 Å². The van der Waals surface area contributed by atoms with Gasteiger partial charge in [-0.05, 0) is 49.4 Å². The number of rotatable bonds is 8. The van der Waals surface area contributed by atoms with Crippen molar-refractivity contribution >= 4 is 17.7 Å². The monoisotopic (exact) mass is 374 g/mol. The number of amides is 1. The zero-order valence-electron chi connectivity index (χ0n) is 16.4. The van der Waals surface area contributed by atoms with Gasteiger partial charge < -0.3 is 19.3 Å². The summed E-state index contributed by atoms with van der Waals surface area (Å²) >= 11 is 0. The van der Waals surface area contributed by atoms with E-state index < -0.39 is 18.0 Å². The van der Waals surface area contributed by atoms with Gasteiger partial charge in [0, 0.05) is 6.07 Å². The number of benzene rings is 1. The quantitative estimate of drug-likeness (QED) is 0.708. The molecule has 1 heterocycles. The molecule has 1 atom stereocenters. The summed E-state index contributed by atoms with van der Waals surface area (Å²) in [5.41, 5.74) is 2.33. The van der Waals surface area contributed by atoms with Crippen LogP contribution in [0.15, 0.2) is 28.8 Å². The van der Waals surface area contributed by atoms with Crippen molar-refractivity contribution in [3.8, 4) is 5.75 Å². The minimum Gasteiger partial charge on any atom is -0.482 e. The minimum absolute atomic E-state index is 0.271. The summed E-state index contributed by atoms with van der Waals surface area (Å²) in [7, 11) is 0. The van der Waals surface area contributed by atoms with Crippen molar-refractivity contribution in [3.63, 3.8) is 0 Å². The lowest BCUT2D eigenvalue weighted by Gasteiger charge is -2.16. The van der Waals surface area contributed by atoms with Crippen LogP contribution in [0.4, 0.5) is 5.82 Å². The second kappa shape index (κ2) is 9.21. The van der Waals surface area contributed by atoms with Gasteiger partial charge in [-0.2, -0.15) is 0 Å². The van der Waals surface area contributed by atoms with E-state index in [0.29, 0.717) is 23.8 Å². The van der Waals surface area contributed by atoms with Gasteiger partial charge >= 0.3 is 5.97 Å². The van der Waals surface area contributed by atoms with Gasteiger partial charge in [0.1, 0.15) is 11.5 Å². The number of carbonyl (C=O) groups excluding carboxylic acids is 2. The van der Waals surface area contributed by atoms with Gasteiger partial charge in [-0.3, -0.25) is 4.79 Å². The number of hydrogen-bond donors (Lipinski definition) is 1. The van der Waals surface area contributed by atoms with Gasteiger partial charge in [-0.25, -0.2) is 4.79 Å². The zero-order valence-corrected chi connectivity index (χ0v) is 16.4. The second-order valence-electron chi connectivity index (χ2n) is 6.66. The van der Waals surface area contributed by atoms with Gasteiger partial charge in [0.05, 0.1) is 0 Å². The fourth-order valence-corrected chi connectivity index (χ4v) is 2.67. The molecule has 0 aliphatic heterocycles. The van der Waals surface area contributed by atoms with Crippen molar-refractivity contribution in [3.05, 3.63) is 41.2 Å². The number of anilines is 1. The van der Waals surface area contributed by atoms with Crippen molar-refractivity contribution in [2.75, 3.05) is 11.9 Å². The maximum absolute atomic E-state index is 12.2. The molecular weight excluding hydrogens is 348 g/mol. The third-order valence-corrected chi connectivity index (χ3v) is 4.04. The van der Waals surface area contributed by atoms with Gasteiger partial charge in [0.2, 0.25) is 0 Å². The zero-order chi connectivity index (χ0) is 20.0. The number of ether oxygens (including phenoxy) is 2. The number of carbonyl (C=O) groups is 2. The van der Waals surface area contributed by atoms with Crippen LogP contribution in [-0.2, 0) is 14.3 Å². The molecule has 1 unspecified atom stereocenters. The molecule has 0 saturated carbocycles. The molecule has 7 nitrogen and oxygen atoms in total. The molecular formula is C20H26N2O5. The van der Waals surface area contributed by atoms with Crippen molar-refractivity contribution in [2.45, 2.75) is 53.1 Å². The molecule has 0 spiro atoms. The molecule has 0 fully saturated rings. The second-order valence-corrected chi connectivity index (χ2v) is 6.66. The lowest BCUT2D eigenvalue weighted by atomic mass is 9.98. The van der Waals surface area contributed by atoms with E-state index in [1.54, 1.807) is 19.9 Å². The van der Waals surface area contributed by atoms with Crippen LogP contribution in [-0.4, -0.2) is 29.7 Å². The number of esters is 1. The van der Waals surface area contributed by atoms with E-state index in [1.807, 2.05) is 25.1 Å². The highest BCUT2D eigenvalue weighted by atomic mass is 16.6. The summed E-state index contributed by atoms with van der Waals surface area (Å²) < 4.78 is 15.6. The third kappa shape index (κ3) is 5.84. The molecule has 1 aromatic heterocycles. The van der Waals surface area contributed by atoms with Crippen molar-refractivity contribution < 1.29 is 23.6 Å². The third-order valence-electron chi connectivity index (χ3n) is 4.04. The molecule has 0 saturated heterocycles. The average Bonchev–Trinajstić information content (AvgIpc) is 3.02. The fourth-order valence-electron chi connectivity index (χ4n) is 2.67. The van der Waals surface area contributed by atoms with Crippen molar-refractivity contribution in [1.82, 2.24) is 5.16 Å². The Morgan fingerprint density at radius 3 is 2.52 bits per heavy atom. The largest absolute Gasteiger partial charge is 0.482 e. The standard InChI is InChI=1S/C20H26N2O5/c1-6-17(20(24)21-18-10-14(5)27-22-18)26-19(23)11-25-15-7-8-16(12(2)3)13(4)9-15/h7-10,12,17H,6,11H2,1-5H3,(H,21,22,24). The van der Waals surface area contributed by atoms with E-state index in [9.17, 15) is 9.59 Å². The number of hydrogen-bond acceptors (Lipinski definition) is 6. The van der Waals surface area contributed by atoms with E-state index in [4.69, 9.17) is 14.0 Å².